The zero-order chi connectivity index (χ0) is 19.3. The number of halogens is 3. The molecule has 10 heteroatoms. The SMILES string of the molecule is Cc1csc(SCC(=O)N(C)CC(=O)Nc2ccccc2C(F)(F)F)n1. The number of likely N-dealkylation sites (N-methyl/N-ethyl adjacent to an activating group) is 1. The smallest absolute Gasteiger partial charge is 0.336 e. The minimum absolute atomic E-state index is 0.0931. The summed E-state index contributed by atoms with van der Waals surface area (Å²) in [5.41, 5.74) is -0.406. The van der Waals surface area contributed by atoms with E-state index in [0.717, 1.165) is 16.1 Å². The van der Waals surface area contributed by atoms with Gasteiger partial charge in [-0.15, -0.1) is 11.3 Å². The molecule has 0 aliphatic carbocycles. The number of aromatic nitrogens is 1. The number of carbonyl (C=O) groups is 2. The molecule has 0 spiro atoms. The topological polar surface area (TPSA) is 62.3 Å². The third kappa shape index (κ3) is 5.73. The van der Waals surface area contributed by atoms with E-state index < -0.39 is 17.6 Å². The molecule has 0 atom stereocenters. The van der Waals surface area contributed by atoms with E-state index >= 15 is 0 Å². The molecule has 0 bridgehead atoms. The van der Waals surface area contributed by atoms with Crippen LogP contribution in [0.15, 0.2) is 34.0 Å². The molecule has 0 aliphatic heterocycles. The minimum atomic E-state index is -4.58. The highest BCUT2D eigenvalue weighted by Crippen LogP contribution is 2.34. The van der Waals surface area contributed by atoms with Crippen LogP contribution in [0.4, 0.5) is 18.9 Å². The van der Waals surface area contributed by atoms with Gasteiger partial charge in [0.2, 0.25) is 11.8 Å². The van der Waals surface area contributed by atoms with E-state index in [1.54, 1.807) is 0 Å². The van der Waals surface area contributed by atoms with Crippen LogP contribution in [0.1, 0.15) is 11.3 Å². The maximum Gasteiger partial charge on any atom is 0.418 e. The van der Waals surface area contributed by atoms with E-state index in [-0.39, 0.29) is 23.9 Å². The van der Waals surface area contributed by atoms with E-state index in [0.29, 0.717) is 0 Å². The zero-order valence-electron chi connectivity index (χ0n) is 14.0. The summed E-state index contributed by atoms with van der Waals surface area (Å²) in [5.74, 6) is -0.926. The molecule has 0 unspecified atom stereocenters. The summed E-state index contributed by atoms with van der Waals surface area (Å²) < 4.78 is 39.5. The number of amides is 2. The average Bonchev–Trinajstić information content (AvgIpc) is 2.97. The van der Waals surface area contributed by atoms with Crippen LogP contribution >= 0.6 is 23.1 Å². The first-order valence-corrected chi connectivity index (χ1v) is 9.28. The second kappa shape index (κ2) is 8.54. The Morgan fingerprint density at radius 1 is 1.31 bits per heavy atom. The van der Waals surface area contributed by atoms with Gasteiger partial charge in [-0.2, -0.15) is 13.2 Å². The Kier molecular flexibility index (Phi) is 6.65. The number of nitrogens with one attached hydrogen (secondary N) is 1. The fraction of sp³-hybridized carbons (Fsp3) is 0.312. The lowest BCUT2D eigenvalue weighted by molar-refractivity contribution is -0.137. The Labute approximate surface area is 156 Å². The number of carbonyl (C=O) groups excluding carboxylic acids is 2. The molecule has 0 fully saturated rings. The number of hydrogen-bond acceptors (Lipinski definition) is 5. The van der Waals surface area contributed by atoms with Crippen molar-refractivity contribution in [3.05, 3.63) is 40.9 Å². The first-order valence-electron chi connectivity index (χ1n) is 7.42. The second-order valence-electron chi connectivity index (χ2n) is 5.38. The molecule has 1 N–H and O–H groups in total. The van der Waals surface area contributed by atoms with Gasteiger partial charge in [0.05, 0.1) is 23.5 Å². The lowest BCUT2D eigenvalue weighted by Gasteiger charge is -2.18. The molecule has 2 amide bonds. The Hall–Kier alpha value is -2.07. The van der Waals surface area contributed by atoms with Crippen LogP contribution in [0.5, 0.6) is 0 Å². The summed E-state index contributed by atoms with van der Waals surface area (Å²) >= 11 is 2.67. The minimum Gasteiger partial charge on any atom is -0.336 e. The molecule has 2 rings (SSSR count). The third-order valence-electron chi connectivity index (χ3n) is 3.23. The third-order valence-corrected chi connectivity index (χ3v) is 5.35. The van der Waals surface area contributed by atoms with Gasteiger partial charge in [0, 0.05) is 18.1 Å². The Bertz CT molecular complexity index is 793. The van der Waals surface area contributed by atoms with Crippen LogP contribution in [-0.4, -0.2) is 41.0 Å². The van der Waals surface area contributed by atoms with Crippen molar-refractivity contribution < 1.29 is 22.8 Å². The number of anilines is 1. The molecular weight excluding hydrogens is 387 g/mol. The fourth-order valence-corrected chi connectivity index (χ4v) is 3.75. The highest BCUT2D eigenvalue weighted by Gasteiger charge is 2.33. The average molecular weight is 403 g/mol. The highest BCUT2D eigenvalue weighted by atomic mass is 32.2. The van der Waals surface area contributed by atoms with Gasteiger partial charge in [0.25, 0.3) is 0 Å². The van der Waals surface area contributed by atoms with Crippen molar-refractivity contribution in [2.75, 3.05) is 24.7 Å². The highest BCUT2D eigenvalue weighted by molar-refractivity contribution is 8.01. The second-order valence-corrected chi connectivity index (χ2v) is 7.47. The molecule has 2 aromatic rings. The molecule has 26 heavy (non-hydrogen) atoms. The van der Waals surface area contributed by atoms with Crippen LogP contribution in [0.3, 0.4) is 0 Å². The van der Waals surface area contributed by atoms with E-state index in [2.05, 4.69) is 10.3 Å². The number of rotatable bonds is 6. The molecule has 0 radical (unpaired) electrons. The van der Waals surface area contributed by atoms with Gasteiger partial charge in [0.15, 0.2) is 4.34 Å². The maximum absolute atomic E-state index is 12.9. The van der Waals surface area contributed by atoms with E-state index in [4.69, 9.17) is 0 Å². The van der Waals surface area contributed by atoms with Gasteiger partial charge >= 0.3 is 6.18 Å². The van der Waals surface area contributed by atoms with Crippen molar-refractivity contribution in [1.29, 1.82) is 0 Å². The van der Waals surface area contributed by atoms with Crippen LogP contribution in [0.25, 0.3) is 0 Å². The van der Waals surface area contributed by atoms with Crippen LogP contribution in [0.2, 0.25) is 0 Å². The van der Waals surface area contributed by atoms with E-state index in [9.17, 15) is 22.8 Å². The van der Waals surface area contributed by atoms with Crippen molar-refractivity contribution in [3.63, 3.8) is 0 Å². The first kappa shape index (κ1) is 20.2. The Balaban J connectivity index is 1.90. The normalized spacial score (nSPS) is 11.3. The van der Waals surface area contributed by atoms with Crippen molar-refractivity contribution in [2.24, 2.45) is 0 Å². The van der Waals surface area contributed by atoms with Crippen molar-refractivity contribution in [2.45, 2.75) is 17.4 Å². The lowest BCUT2D eigenvalue weighted by atomic mass is 10.1. The van der Waals surface area contributed by atoms with Crippen LogP contribution < -0.4 is 5.32 Å². The number of thioether (sulfide) groups is 1. The number of alkyl halides is 3. The van der Waals surface area contributed by atoms with Gasteiger partial charge in [0.1, 0.15) is 0 Å². The molecule has 1 aromatic heterocycles. The lowest BCUT2D eigenvalue weighted by Crippen LogP contribution is -2.36. The predicted octanol–water partition coefficient (Wildman–Crippen LogP) is 3.66. The first-order chi connectivity index (χ1) is 12.2. The molecule has 140 valence electrons. The van der Waals surface area contributed by atoms with Gasteiger partial charge in [-0.05, 0) is 19.1 Å². The van der Waals surface area contributed by atoms with Crippen molar-refractivity contribution in [1.82, 2.24) is 9.88 Å². The van der Waals surface area contributed by atoms with Gasteiger partial charge in [-0.3, -0.25) is 9.59 Å². The summed E-state index contributed by atoms with van der Waals surface area (Å²) in [5, 5.41) is 4.07. The number of hydrogen-bond donors (Lipinski definition) is 1. The van der Waals surface area contributed by atoms with Crippen LogP contribution in [0, 0.1) is 6.92 Å². The quantitative estimate of drug-likeness (QED) is 0.748. The number of para-hydroxylation sites is 1. The van der Waals surface area contributed by atoms with Crippen molar-refractivity contribution >= 4 is 40.6 Å². The zero-order valence-corrected chi connectivity index (χ0v) is 15.6. The summed E-state index contributed by atoms with van der Waals surface area (Å²) in [7, 11) is 1.42. The number of thiazole rings is 1. The largest absolute Gasteiger partial charge is 0.418 e. The predicted molar refractivity (Wildman–Crippen MR) is 95.3 cm³/mol. The van der Waals surface area contributed by atoms with Gasteiger partial charge in [-0.1, -0.05) is 23.9 Å². The molecular formula is C16H16F3N3O2S2. The monoisotopic (exact) mass is 403 g/mol. The van der Waals surface area contributed by atoms with Crippen molar-refractivity contribution in [3.8, 4) is 0 Å². The van der Waals surface area contributed by atoms with E-state index in [1.807, 2.05) is 12.3 Å². The standard InChI is InChI=1S/C16H16F3N3O2S2/c1-10-8-25-15(20-10)26-9-14(24)22(2)7-13(23)21-12-6-4-3-5-11(12)16(17,18)19/h3-6,8H,7,9H2,1-2H3,(H,21,23). The fourth-order valence-electron chi connectivity index (χ4n) is 1.96. The van der Waals surface area contributed by atoms with E-state index in [1.165, 1.54) is 53.2 Å². The number of aryl methyl sites for hydroxylation is 1. The summed E-state index contributed by atoms with van der Waals surface area (Å²) in [6.07, 6.45) is -4.58. The molecule has 0 aliphatic rings. The molecule has 5 nitrogen and oxygen atoms in total. The number of benzene rings is 1. The Morgan fingerprint density at radius 2 is 2.00 bits per heavy atom. The molecule has 1 aromatic carbocycles. The molecule has 0 saturated carbocycles. The summed E-state index contributed by atoms with van der Waals surface area (Å²) in [4.78, 5) is 29.4. The number of nitrogens with zero attached hydrogens (tertiary/aromatic N) is 2. The summed E-state index contributed by atoms with van der Waals surface area (Å²) in [6, 6.07) is 4.69. The molecule has 0 saturated heterocycles. The Morgan fingerprint density at radius 3 is 2.62 bits per heavy atom. The maximum atomic E-state index is 12.9. The van der Waals surface area contributed by atoms with Crippen LogP contribution in [-0.2, 0) is 15.8 Å². The van der Waals surface area contributed by atoms with Gasteiger partial charge < -0.3 is 10.2 Å². The summed E-state index contributed by atoms with van der Waals surface area (Å²) in [6.45, 7) is 1.50. The van der Waals surface area contributed by atoms with Gasteiger partial charge in [-0.25, -0.2) is 4.98 Å². The molecule has 1 heterocycles.